The summed E-state index contributed by atoms with van der Waals surface area (Å²) in [5.41, 5.74) is 7.37. The molecule has 0 bridgehead atoms. The summed E-state index contributed by atoms with van der Waals surface area (Å²) in [6, 6.07) is 6.52. The molecule has 0 spiro atoms. The number of carbonyl (C=O) groups is 1. The van der Waals surface area contributed by atoms with Crippen molar-refractivity contribution in [2.75, 3.05) is 5.73 Å². The van der Waals surface area contributed by atoms with Crippen LogP contribution in [-0.4, -0.2) is 11.4 Å². The van der Waals surface area contributed by atoms with Crippen LogP contribution in [0.15, 0.2) is 29.6 Å². The Balaban J connectivity index is 2.62. The average Bonchev–Trinajstić information content (AvgIpc) is 2.69. The van der Waals surface area contributed by atoms with Crippen LogP contribution in [0, 0.1) is 0 Å². The molecule has 15 heavy (non-hydrogen) atoms. The molecule has 0 aliphatic heterocycles. The molecule has 4 heteroatoms. The number of anilines is 1. The second-order valence-electron chi connectivity index (χ2n) is 3.10. The third kappa shape index (κ3) is 1.71. The van der Waals surface area contributed by atoms with Crippen molar-refractivity contribution < 1.29 is 9.90 Å². The van der Waals surface area contributed by atoms with Crippen LogP contribution < -0.4 is 5.73 Å². The summed E-state index contributed by atoms with van der Waals surface area (Å²) >= 11 is 1.40. The summed E-state index contributed by atoms with van der Waals surface area (Å²) in [4.78, 5) is 11.5. The molecule has 0 aliphatic carbocycles. The highest BCUT2D eigenvalue weighted by Gasteiger charge is 2.10. The van der Waals surface area contributed by atoms with Crippen LogP contribution in [0.4, 0.5) is 5.69 Å². The lowest BCUT2D eigenvalue weighted by Gasteiger charge is -2.04. The minimum Gasteiger partial charge on any atom is -0.507 e. The second-order valence-corrected chi connectivity index (χ2v) is 4.02. The van der Waals surface area contributed by atoms with E-state index in [-0.39, 0.29) is 5.75 Å². The third-order valence-corrected chi connectivity index (χ3v) is 3.05. The zero-order valence-electron chi connectivity index (χ0n) is 7.81. The molecule has 76 valence electrons. The van der Waals surface area contributed by atoms with E-state index in [1.165, 1.54) is 17.4 Å². The molecule has 0 amide bonds. The number of hydrogen-bond acceptors (Lipinski definition) is 4. The van der Waals surface area contributed by atoms with Gasteiger partial charge in [-0.25, -0.2) is 0 Å². The largest absolute Gasteiger partial charge is 0.507 e. The summed E-state index contributed by atoms with van der Waals surface area (Å²) < 4.78 is 0. The van der Waals surface area contributed by atoms with Crippen LogP contribution in [0.3, 0.4) is 0 Å². The topological polar surface area (TPSA) is 63.3 Å². The molecule has 2 rings (SSSR count). The molecular formula is C11H9NO2S. The summed E-state index contributed by atoms with van der Waals surface area (Å²) in [6.07, 6.45) is 0.772. The zero-order valence-corrected chi connectivity index (χ0v) is 8.62. The highest BCUT2D eigenvalue weighted by molar-refractivity contribution is 7.14. The molecule has 1 aromatic carbocycles. The molecule has 0 radical (unpaired) electrons. The highest BCUT2D eigenvalue weighted by atomic mass is 32.1. The first-order valence-electron chi connectivity index (χ1n) is 4.34. The average molecular weight is 219 g/mol. The third-order valence-electron chi connectivity index (χ3n) is 2.09. The van der Waals surface area contributed by atoms with Gasteiger partial charge in [-0.2, -0.15) is 0 Å². The summed E-state index contributed by atoms with van der Waals surface area (Å²) in [7, 11) is 0. The van der Waals surface area contributed by atoms with E-state index >= 15 is 0 Å². The van der Waals surface area contributed by atoms with Crippen LogP contribution in [0.1, 0.15) is 10.4 Å². The molecule has 0 saturated carbocycles. The Morgan fingerprint density at radius 3 is 2.87 bits per heavy atom. The van der Waals surface area contributed by atoms with Crippen molar-refractivity contribution in [1.29, 1.82) is 0 Å². The van der Waals surface area contributed by atoms with Crippen molar-refractivity contribution in [3.63, 3.8) is 0 Å². The van der Waals surface area contributed by atoms with Gasteiger partial charge in [-0.1, -0.05) is 0 Å². The van der Waals surface area contributed by atoms with E-state index in [9.17, 15) is 9.90 Å². The number of hydrogen-bond donors (Lipinski definition) is 2. The van der Waals surface area contributed by atoms with Gasteiger partial charge in [0, 0.05) is 21.7 Å². The van der Waals surface area contributed by atoms with Crippen molar-refractivity contribution >= 4 is 23.3 Å². The molecule has 0 unspecified atom stereocenters. The Kier molecular flexibility index (Phi) is 2.43. The predicted octanol–water partition coefficient (Wildman–Crippen LogP) is 2.52. The maximum atomic E-state index is 10.8. The van der Waals surface area contributed by atoms with Gasteiger partial charge in [0.2, 0.25) is 0 Å². The normalized spacial score (nSPS) is 10.1. The number of carbonyl (C=O) groups excluding carboxylic acids is 1. The Labute approximate surface area is 90.8 Å². The molecule has 0 atom stereocenters. The fourth-order valence-electron chi connectivity index (χ4n) is 1.37. The van der Waals surface area contributed by atoms with E-state index in [4.69, 9.17) is 5.73 Å². The second kappa shape index (κ2) is 3.74. The van der Waals surface area contributed by atoms with E-state index in [1.807, 2.05) is 5.38 Å². The number of nitrogens with two attached hydrogens (primary N) is 1. The van der Waals surface area contributed by atoms with Crippen LogP contribution in [-0.2, 0) is 0 Å². The van der Waals surface area contributed by atoms with Crippen LogP contribution in [0.25, 0.3) is 10.4 Å². The molecule has 3 nitrogen and oxygen atoms in total. The maximum Gasteiger partial charge on any atom is 0.151 e. The van der Waals surface area contributed by atoms with Gasteiger partial charge < -0.3 is 10.8 Å². The van der Waals surface area contributed by atoms with E-state index < -0.39 is 0 Å². The lowest BCUT2D eigenvalue weighted by atomic mass is 10.1. The standard InChI is InChI=1S/C11H9NO2S/c12-8-1-2-10(14)9(5-8)11-7(6-13)3-4-15-11/h1-6,14H,12H2. The smallest absolute Gasteiger partial charge is 0.151 e. The lowest BCUT2D eigenvalue weighted by Crippen LogP contribution is -1.86. The lowest BCUT2D eigenvalue weighted by molar-refractivity contribution is 0.112. The van der Waals surface area contributed by atoms with Gasteiger partial charge >= 0.3 is 0 Å². The Morgan fingerprint density at radius 2 is 2.13 bits per heavy atom. The molecule has 1 aromatic heterocycles. The fourth-order valence-corrected chi connectivity index (χ4v) is 2.26. The molecular weight excluding hydrogens is 210 g/mol. The predicted molar refractivity (Wildman–Crippen MR) is 61.2 cm³/mol. The summed E-state index contributed by atoms with van der Waals surface area (Å²) in [6.45, 7) is 0. The molecule has 1 heterocycles. The number of phenols is 1. The van der Waals surface area contributed by atoms with Crippen molar-refractivity contribution in [3.8, 4) is 16.2 Å². The molecule has 3 N–H and O–H groups in total. The number of aldehydes is 1. The van der Waals surface area contributed by atoms with E-state index in [0.717, 1.165) is 11.2 Å². The number of nitrogen functional groups attached to an aromatic ring is 1. The zero-order chi connectivity index (χ0) is 10.8. The van der Waals surface area contributed by atoms with Gasteiger partial charge in [-0.3, -0.25) is 4.79 Å². The minimum absolute atomic E-state index is 0.134. The monoisotopic (exact) mass is 219 g/mol. The van der Waals surface area contributed by atoms with Gasteiger partial charge in [0.05, 0.1) is 0 Å². The van der Waals surface area contributed by atoms with E-state index in [1.54, 1.807) is 18.2 Å². The minimum atomic E-state index is 0.134. The SMILES string of the molecule is Nc1ccc(O)c(-c2sccc2C=O)c1. The number of rotatable bonds is 2. The van der Waals surface area contributed by atoms with Gasteiger partial charge in [0.1, 0.15) is 5.75 Å². The number of phenolic OH excluding ortho intramolecular Hbond substituents is 1. The Hall–Kier alpha value is -1.81. The van der Waals surface area contributed by atoms with E-state index in [0.29, 0.717) is 16.8 Å². The molecule has 0 saturated heterocycles. The van der Waals surface area contributed by atoms with Crippen molar-refractivity contribution in [3.05, 3.63) is 35.2 Å². The first-order chi connectivity index (χ1) is 7.22. The van der Waals surface area contributed by atoms with Crippen LogP contribution in [0.2, 0.25) is 0 Å². The Bertz CT molecular complexity index is 505. The van der Waals surface area contributed by atoms with E-state index in [2.05, 4.69) is 0 Å². The fraction of sp³-hybridized carbons (Fsp3) is 0. The molecule has 2 aromatic rings. The molecule has 0 aliphatic rings. The number of aromatic hydroxyl groups is 1. The van der Waals surface area contributed by atoms with Crippen molar-refractivity contribution in [2.45, 2.75) is 0 Å². The summed E-state index contributed by atoms with van der Waals surface area (Å²) in [5.74, 6) is 0.134. The highest BCUT2D eigenvalue weighted by Crippen LogP contribution is 2.36. The molecule has 0 fully saturated rings. The maximum absolute atomic E-state index is 10.8. The quantitative estimate of drug-likeness (QED) is 0.463. The first kappa shape index (κ1) is 9.73. The van der Waals surface area contributed by atoms with Gasteiger partial charge in [-0.15, -0.1) is 11.3 Å². The summed E-state index contributed by atoms with van der Waals surface area (Å²) in [5, 5.41) is 11.5. The Morgan fingerprint density at radius 1 is 1.33 bits per heavy atom. The van der Waals surface area contributed by atoms with Gasteiger partial charge in [0.15, 0.2) is 6.29 Å². The van der Waals surface area contributed by atoms with Crippen molar-refractivity contribution in [1.82, 2.24) is 0 Å². The van der Waals surface area contributed by atoms with Crippen molar-refractivity contribution in [2.24, 2.45) is 0 Å². The number of benzene rings is 1. The van der Waals surface area contributed by atoms with Crippen LogP contribution >= 0.6 is 11.3 Å². The number of thiophene rings is 1. The first-order valence-corrected chi connectivity index (χ1v) is 5.22. The van der Waals surface area contributed by atoms with Gasteiger partial charge in [0.25, 0.3) is 0 Å². The van der Waals surface area contributed by atoms with Crippen LogP contribution in [0.5, 0.6) is 5.75 Å². The van der Waals surface area contributed by atoms with Gasteiger partial charge in [-0.05, 0) is 29.6 Å².